The Morgan fingerprint density at radius 1 is 0.939 bits per heavy atom. The van der Waals surface area contributed by atoms with Crippen LogP contribution in [-0.4, -0.2) is 46.9 Å². The van der Waals surface area contributed by atoms with Crippen molar-refractivity contribution in [3.8, 4) is 0 Å². The molecule has 3 aliphatic rings. The average molecular weight is 438 g/mol. The maximum atomic E-state index is 14.0. The summed E-state index contributed by atoms with van der Waals surface area (Å²) >= 11 is 0. The molecule has 168 valence electrons. The van der Waals surface area contributed by atoms with Gasteiger partial charge in [-0.15, -0.1) is 0 Å². The van der Waals surface area contributed by atoms with E-state index in [0.29, 0.717) is 5.91 Å². The molecule has 1 spiro atoms. The van der Waals surface area contributed by atoms with Gasteiger partial charge in [0.15, 0.2) is 0 Å². The van der Waals surface area contributed by atoms with Crippen LogP contribution in [0.15, 0.2) is 85.2 Å². The van der Waals surface area contributed by atoms with E-state index in [0.717, 1.165) is 38.5 Å². The fraction of sp³-hybridized carbons (Fsp3) is 0.379. The van der Waals surface area contributed by atoms with Gasteiger partial charge < -0.3 is 4.90 Å². The summed E-state index contributed by atoms with van der Waals surface area (Å²) in [6.07, 6.45) is 7.30. The highest BCUT2D eigenvalue weighted by Gasteiger charge is 2.58. The van der Waals surface area contributed by atoms with E-state index in [4.69, 9.17) is 0 Å². The quantitative estimate of drug-likeness (QED) is 0.550. The van der Waals surface area contributed by atoms with Crippen LogP contribution < -0.4 is 0 Å². The molecule has 0 N–H and O–H groups in total. The van der Waals surface area contributed by atoms with Gasteiger partial charge in [-0.1, -0.05) is 66.7 Å². The number of nitrogens with zero attached hydrogens (tertiary/aromatic N) is 3. The van der Waals surface area contributed by atoms with Gasteiger partial charge in [-0.05, 0) is 47.9 Å². The van der Waals surface area contributed by atoms with Crippen molar-refractivity contribution in [2.45, 2.75) is 31.2 Å². The van der Waals surface area contributed by atoms with Gasteiger partial charge in [0.1, 0.15) is 0 Å². The summed E-state index contributed by atoms with van der Waals surface area (Å²) in [6, 6.07) is 25.8. The van der Waals surface area contributed by atoms with Crippen molar-refractivity contribution in [2.24, 2.45) is 11.3 Å². The number of hydrogen-bond acceptors (Lipinski definition) is 3. The predicted molar refractivity (Wildman–Crippen MR) is 130 cm³/mol. The van der Waals surface area contributed by atoms with E-state index in [1.807, 2.05) is 18.5 Å². The van der Waals surface area contributed by atoms with Crippen molar-refractivity contribution in [1.82, 2.24) is 14.8 Å². The van der Waals surface area contributed by atoms with Crippen LogP contribution in [0.3, 0.4) is 0 Å². The third-order valence-corrected chi connectivity index (χ3v) is 7.97. The topological polar surface area (TPSA) is 36.4 Å². The molecule has 1 saturated carbocycles. The maximum absolute atomic E-state index is 14.0. The number of benzene rings is 2. The second-order valence-corrected chi connectivity index (χ2v) is 10.1. The van der Waals surface area contributed by atoms with E-state index in [-0.39, 0.29) is 17.4 Å². The van der Waals surface area contributed by atoms with Crippen LogP contribution in [-0.2, 0) is 4.79 Å². The Hall–Kier alpha value is -2.98. The highest BCUT2D eigenvalue weighted by molar-refractivity contribution is 5.87. The van der Waals surface area contributed by atoms with E-state index < -0.39 is 0 Å². The van der Waals surface area contributed by atoms with Gasteiger partial charge in [0.2, 0.25) is 5.91 Å². The summed E-state index contributed by atoms with van der Waals surface area (Å²) in [6.45, 7) is 3.49. The molecule has 33 heavy (non-hydrogen) atoms. The van der Waals surface area contributed by atoms with Gasteiger partial charge >= 0.3 is 0 Å². The number of likely N-dealkylation sites (tertiary alicyclic amines) is 2. The van der Waals surface area contributed by atoms with Crippen LogP contribution in [0.25, 0.3) is 0 Å². The fourth-order valence-corrected chi connectivity index (χ4v) is 6.15. The van der Waals surface area contributed by atoms with E-state index in [2.05, 4.69) is 81.5 Å². The lowest BCUT2D eigenvalue weighted by Crippen LogP contribution is -2.40. The van der Waals surface area contributed by atoms with Crippen LogP contribution in [0.5, 0.6) is 0 Å². The molecule has 4 nitrogen and oxygen atoms in total. The highest BCUT2D eigenvalue weighted by atomic mass is 16.2. The molecule has 2 saturated heterocycles. The molecule has 3 aromatic rings. The van der Waals surface area contributed by atoms with Crippen molar-refractivity contribution in [3.63, 3.8) is 0 Å². The van der Waals surface area contributed by atoms with E-state index in [1.54, 1.807) is 0 Å². The number of rotatable bonds is 6. The minimum absolute atomic E-state index is 0.135. The van der Waals surface area contributed by atoms with Crippen LogP contribution in [0.1, 0.15) is 47.9 Å². The lowest BCUT2D eigenvalue weighted by atomic mass is 9.73. The number of carbonyl (C=O) groups is 1. The number of hydrogen-bond donors (Lipinski definition) is 0. The van der Waals surface area contributed by atoms with Crippen molar-refractivity contribution in [2.75, 3.05) is 26.2 Å². The lowest BCUT2D eigenvalue weighted by Gasteiger charge is -2.31. The van der Waals surface area contributed by atoms with Gasteiger partial charge in [-0.2, -0.15) is 0 Å². The number of aromatic nitrogens is 1. The SMILES string of the molecule is O=C1N(CC2CC2)CCC12CN(C(c1ccccc1)c1ccccc1)CC2c1cccnc1. The largest absolute Gasteiger partial charge is 0.342 e. The molecule has 1 amide bonds. The highest BCUT2D eigenvalue weighted by Crippen LogP contribution is 2.52. The minimum Gasteiger partial charge on any atom is -0.342 e. The third kappa shape index (κ3) is 3.76. The lowest BCUT2D eigenvalue weighted by molar-refractivity contribution is -0.136. The molecule has 0 bridgehead atoms. The van der Waals surface area contributed by atoms with Gasteiger partial charge in [-0.3, -0.25) is 14.7 Å². The smallest absolute Gasteiger partial charge is 0.230 e. The van der Waals surface area contributed by atoms with E-state index in [9.17, 15) is 4.79 Å². The van der Waals surface area contributed by atoms with Gasteiger partial charge in [0.05, 0.1) is 11.5 Å². The zero-order valence-corrected chi connectivity index (χ0v) is 19.0. The van der Waals surface area contributed by atoms with Gasteiger partial charge in [-0.25, -0.2) is 0 Å². The van der Waals surface area contributed by atoms with E-state index >= 15 is 0 Å². The van der Waals surface area contributed by atoms with Gasteiger partial charge in [0, 0.05) is 44.5 Å². The molecule has 1 aromatic heterocycles. The second-order valence-electron chi connectivity index (χ2n) is 10.1. The van der Waals surface area contributed by atoms with Crippen LogP contribution in [0.4, 0.5) is 0 Å². The Labute approximate surface area is 196 Å². The summed E-state index contributed by atoms with van der Waals surface area (Å²) in [5.41, 5.74) is 3.40. The Kier molecular flexibility index (Phi) is 5.26. The zero-order chi connectivity index (χ0) is 22.3. The maximum Gasteiger partial charge on any atom is 0.230 e. The Balaban J connectivity index is 1.40. The number of amides is 1. The first-order valence-corrected chi connectivity index (χ1v) is 12.3. The second kappa shape index (κ2) is 8.42. The summed E-state index contributed by atoms with van der Waals surface area (Å²) in [4.78, 5) is 23.2. The van der Waals surface area contributed by atoms with Crippen molar-refractivity contribution >= 4 is 5.91 Å². The van der Waals surface area contributed by atoms with E-state index in [1.165, 1.54) is 29.5 Å². The van der Waals surface area contributed by atoms with Crippen molar-refractivity contribution in [3.05, 3.63) is 102 Å². The first-order valence-electron chi connectivity index (χ1n) is 12.3. The first kappa shape index (κ1) is 20.6. The standard InChI is InChI=1S/C29H31N3O/c33-28-29(15-17-31(28)19-22-13-14-22)21-32(20-26(29)25-12-7-16-30-18-25)27(23-8-3-1-4-9-23)24-10-5-2-6-11-24/h1-12,16,18,22,26-27H,13-15,17,19-21H2. The molecule has 3 heterocycles. The molecule has 2 atom stereocenters. The molecule has 2 aromatic carbocycles. The molecular formula is C29H31N3O. The summed E-state index contributed by atoms with van der Waals surface area (Å²) < 4.78 is 0. The molecule has 2 aliphatic heterocycles. The molecule has 4 heteroatoms. The third-order valence-electron chi connectivity index (χ3n) is 7.97. The molecular weight excluding hydrogens is 406 g/mol. The predicted octanol–water partition coefficient (Wildman–Crippen LogP) is 4.90. The Morgan fingerprint density at radius 2 is 1.64 bits per heavy atom. The van der Waals surface area contributed by atoms with Crippen molar-refractivity contribution in [1.29, 1.82) is 0 Å². The van der Waals surface area contributed by atoms with Crippen LogP contribution >= 0.6 is 0 Å². The molecule has 0 radical (unpaired) electrons. The van der Waals surface area contributed by atoms with Crippen molar-refractivity contribution < 1.29 is 4.79 Å². The molecule has 2 unspecified atom stereocenters. The summed E-state index contributed by atoms with van der Waals surface area (Å²) in [7, 11) is 0. The molecule has 3 fully saturated rings. The average Bonchev–Trinajstić information content (AvgIpc) is 3.54. The Morgan fingerprint density at radius 3 is 2.24 bits per heavy atom. The fourth-order valence-electron chi connectivity index (χ4n) is 6.15. The van der Waals surface area contributed by atoms with Crippen LogP contribution in [0.2, 0.25) is 0 Å². The van der Waals surface area contributed by atoms with Crippen LogP contribution in [0, 0.1) is 11.3 Å². The number of pyridine rings is 1. The molecule has 1 aliphatic carbocycles. The normalized spacial score (nSPS) is 25.4. The number of carbonyl (C=O) groups excluding carboxylic acids is 1. The summed E-state index contributed by atoms with van der Waals surface area (Å²) in [5, 5.41) is 0. The first-order chi connectivity index (χ1) is 16.2. The Bertz CT molecular complexity index is 1060. The monoisotopic (exact) mass is 437 g/mol. The molecule has 6 rings (SSSR count). The summed E-state index contributed by atoms with van der Waals surface area (Å²) in [5.74, 6) is 1.25. The minimum atomic E-state index is -0.361. The van der Waals surface area contributed by atoms with Gasteiger partial charge in [0.25, 0.3) is 0 Å². The zero-order valence-electron chi connectivity index (χ0n) is 19.0.